The molecule has 0 heterocycles. The van der Waals surface area contributed by atoms with E-state index in [2.05, 4.69) is 27.9 Å². The van der Waals surface area contributed by atoms with Crippen LogP contribution in [0.15, 0.2) is 54.6 Å². The third kappa shape index (κ3) is 3.30. The quantitative estimate of drug-likeness (QED) is 0.669. The molecule has 0 radical (unpaired) electrons. The molecule has 0 saturated heterocycles. The van der Waals surface area contributed by atoms with Crippen LogP contribution < -0.4 is 5.32 Å². The lowest BCUT2D eigenvalue weighted by atomic mass is 10.2. The first-order valence-corrected chi connectivity index (χ1v) is 6.83. The first kappa shape index (κ1) is 12.1. The molecule has 0 atom stereocenters. The molecule has 0 aromatic heterocycles. The lowest BCUT2D eigenvalue weighted by Gasteiger charge is -2.06. The molecule has 0 fully saturated rings. The minimum atomic E-state index is -0.0730. The van der Waals surface area contributed by atoms with E-state index in [4.69, 9.17) is 0 Å². The molecule has 17 heavy (non-hydrogen) atoms. The smallest absolute Gasteiger partial charge is 0.255 e. The topological polar surface area (TPSA) is 29.1 Å². The monoisotopic (exact) mass is 337 g/mol. The third-order valence-corrected chi connectivity index (χ3v) is 3.26. The van der Waals surface area contributed by atoms with Gasteiger partial charge in [0.1, 0.15) is 0 Å². The number of benzene rings is 2. The van der Waals surface area contributed by atoms with E-state index in [1.807, 2.05) is 42.5 Å². The van der Waals surface area contributed by atoms with Crippen LogP contribution >= 0.6 is 22.6 Å². The van der Waals surface area contributed by atoms with Crippen molar-refractivity contribution in [1.82, 2.24) is 0 Å². The van der Waals surface area contributed by atoms with Gasteiger partial charge in [-0.1, -0.05) is 52.9 Å². The predicted octanol–water partition coefficient (Wildman–Crippen LogP) is 3.87. The van der Waals surface area contributed by atoms with Crippen LogP contribution in [-0.4, -0.2) is 5.91 Å². The molecule has 1 N–H and O–H groups in total. The van der Waals surface area contributed by atoms with Gasteiger partial charge in [0.25, 0.3) is 5.91 Å². The van der Waals surface area contributed by atoms with Gasteiger partial charge in [0.2, 0.25) is 0 Å². The SMILES string of the molecule is O=C(Nc1cccc(CI)c1)c1ccccc1. The fourth-order valence-corrected chi connectivity index (χ4v) is 2.00. The molecule has 0 unspecified atom stereocenters. The summed E-state index contributed by atoms with van der Waals surface area (Å²) in [6, 6.07) is 17.1. The van der Waals surface area contributed by atoms with Crippen LogP contribution in [0, 0.1) is 0 Å². The van der Waals surface area contributed by atoms with Gasteiger partial charge in [0.05, 0.1) is 0 Å². The van der Waals surface area contributed by atoms with E-state index in [1.54, 1.807) is 12.1 Å². The highest BCUT2D eigenvalue weighted by atomic mass is 127. The molecule has 2 rings (SSSR count). The Kier molecular flexibility index (Phi) is 4.14. The van der Waals surface area contributed by atoms with Gasteiger partial charge in [0, 0.05) is 15.7 Å². The van der Waals surface area contributed by atoms with E-state index in [0.717, 1.165) is 10.1 Å². The Labute approximate surface area is 114 Å². The zero-order valence-corrected chi connectivity index (χ0v) is 11.3. The number of anilines is 1. The van der Waals surface area contributed by atoms with Gasteiger partial charge >= 0.3 is 0 Å². The minimum Gasteiger partial charge on any atom is -0.322 e. The number of alkyl halides is 1. The summed E-state index contributed by atoms with van der Waals surface area (Å²) >= 11 is 2.30. The number of rotatable bonds is 3. The van der Waals surface area contributed by atoms with E-state index in [-0.39, 0.29) is 5.91 Å². The number of amides is 1. The lowest BCUT2D eigenvalue weighted by Crippen LogP contribution is -2.11. The summed E-state index contributed by atoms with van der Waals surface area (Å²) in [5, 5.41) is 2.89. The molecule has 0 aliphatic carbocycles. The number of halogens is 1. The van der Waals surface area contributed by atoms with Gasteiger partial charge in [-0.15, -0.1) is 0 Å². The molecule has 0 aliphatic rings. The van der Waals surface area contributed by atoms with Crippen molar-refractivity contribution in [3.63, 3.8) is 0 Å². The van der Waals surface area contributed by atoms with Gasteiger partial charge in [0.15, 0.2) is 0 Å². The van der Waals surface area contributed by atoms with Crippen molar-refractivity contribution in [2.75, 3.05) is 5.32 Å². The molecule has 2 nitrogen and oxygen atoms in total. The van der Waals surface area contributed by atoms with Crippen LogP contribution in [0.25, 0.3) is 0 Å². The molecule has 3 heteroatoms. The summed E-state index contributed by atoms with van der Waals surface area (Å²) in [7, 11) is 0. The second-order valence-corrected chi connectivity index (χ2v) is 4.42. The normalized spacial score (nSPS) is 9.94. The average molecular weight is 337 g/mol. The van der Waals surface area contributed by atoms with E-state index >= 15 is 0 Å². The highest BCUT2D eigenvalue weighted by Crippen LogP contribution is 2.14. The summed E-state index contributed by atoms with van der Waals surface area (Å²) in [5.74, 6) is -0.0730. The fourth-order valence-electron chi connectivity index (χ4n) is 1.52. The minimum absolute atomic E-state index is 0.0730. The number of carbonyl (C=O) groups excluding carboxylic acids is 1. The summed E-state index contributed by atoms with van der Waals surface area (Å²) in [5.41, 5.74) is 2.72. The van der Waals surface area contributed by atoms with Gasteiger partial charge in [-0.2, -0.15) is 0 Å². The molecule has 2 aromatic rings. The van der Waals surface area contributed by atoms with E-state index in [1.165, 1.54) is 5.56 Å². The molecule has 0 bridgehead atoms. The lowest BCUT2D eigenvalue weighted by molar-refractivity contribution is 0.102. The summed E-state index contributed by atoms with van der Waals surface area (Å²) in [4.78, 5) is 11.9. The van der Waals surface area contributed by atoms with Gasteiger partial charge < -0.3 is 5.32 Å². The second-order valence-electron chi connectivity index (χ2n) is 3.65. The number of hydrogen-bond acceptors (Lipinski definition) is 1. The molecular formula is C14H12INO. The van der Waals surface area contributed by atoms with Crippen molar-refractivity contribution in [3.8, 4) is 0 Å². The van der Waals surface area contributed by atoms with Crippen LogP contribution in [-0.2, 0) is 4.43 Å². The van der Waals surface area contributed by atoms with Crippen LogP contribution in [0.2, 0.25) is 0 Å². The Morgan fingerprint density at radius 3 is 2.53 bits per heavy atom. The van der Waals surface area contributed by atoms with Gasteiger partial charge in [-0.05, 0) is 29.8 Å². The van der Waals surface area contributed by atoms with Gasteiger partial charge in [-0.3, -0.25) is 4.79 Å². The van der Waals surface area contributed by atoms with E-state index in [9.17, 15) is 4.79 Å². The van der Waals surface area contributed by atoms with Crippen LogP contribution in [0.3, 0.4) is 0 Å². The van der Waals surface area contributed by atoms with Crippen LogP contribution in [0.5, 0.6) is 0 Å². The van der Waals surface area contributed by atoms with Crippen molar-refractivity contribution in [3.05, 3.63) is 65.7 Å². The predicted molar refractivity (Wildman–Crippen MR) is 78.6 cm³/mol. The summed E-state index contributed by atoms with van der Waals surface area (Å²) in [6.07, 6.45) is 0. The zero-order valence-electron chi connectivity index (χ0n) is 9.19. The Hall–Kier alpha value is -1.36. The van der Waals surface area contributed by atoms with E-state index < -0.39 is 0 Å². The van der Waals surface area contributed by atoms with Crippen molar-refractivity contribution in [1.29, 1.82) is 0 Å². The maximum Gasteiger partial charge on any atom is 0.255 e. The Balaban J connectivity index is 2.13. The summed E-state index contributed by atoms with van der Waals surface area (Å²) in [6.45, 7) is 0. The molecule has 0 saturated carbocycles. The van der Waals surface area contributed by atoms with Crippen molar-refractivity contribution < 1.29 is 4.79 Å². The third-order valence-electron chi connectivity index (χ3n) is 2.38. The Morgan fingerprint density at radius 2 is 1.82 bits per heavy atom. The molecular weight excluding hydrogens is 325 g/mol. The van der Waals surface area contributed by atoms with E-state index in [0.29, 0.717) is 5.56 Å². The average Bonchev–Trinajstić information content (AvgIpc) is 2.40. The molecule has 0 spiro atoms. The summed E-state index contributed by atoms with van der Waals surface area (Å²) < 4.78 is 0.937. The number of hydrogen-bond donors (Lipinski definition) is 1. The van der Waals surface area contributed by atoms with Crippen molar-refractivity contribution in [2.24, 2.45) is 0 Å². The number of carbonyl (C=O) groups is 1. The maximum absolute atomic E-state index is 11.9. The second kappa shape index (κ2) is 5.82. The van der Waals surface area contributed by atoms with Crippen molar-refractivity contribution >= 4 is 34.2 Å². The number of nitrogens with one attached hydrogen (secondary N) is 1. The van der Waals surface area contributed by atoms with Gasteiger partial charge in [-0.25, -0.2) is 0 Å². The largest absolute Gasteiger partial charge is 0.322 e. The highest BCUT2D eigenvalue weighted by molar-refractivity contribution is 14.1. The molecule has 86 valence electrons. The zero-order chi connectivity index (χ0) is 12.1. The molecule has 0 aliphatic heterocycles. The first-order chi connectivity index (χ1) is 8.29. The maximum atomic E-state index is 11.9. The molecule has 1 amide bonds. The standard InChI is InChI=1S/C14H12INO/c15-10-11-5-4-8-13(9-11)16-14(17)12-6-2-1-3-7-12/h1-9H,10H2,(H,16,17). The highest BCUT2D eigenvalue weighted by Gasteiger charge is 2.04. The fraction of sp³-hybridized carbons (Fsp3) is 0.0714. The Morgan fingerprint density at radius 1 is 1.06 bits per heavy atom. The first-order valence-electron chi connectivity index (χ1n) is 5.31. The van der Waals surface area contributed by atoms with Crippen LogP contribution in [0.1, 0.15) is 15.9 Å². The van der Waals surface area contributed by atoms with Crippen LogP contribution in [0.4, 0.5) is 5.69 Å². The Bertz CT molecular complexity index is 511. The van der Waals surface area contributed by atoms with Crippen molar-refractivity contribution in [2.45, 2.75) is 4.43 Å². The molecule has 2 aromatic carbocycles.